The molecule has 6 aromatic rings. The van der Waals surface area contributed by atoms with Crippen LogP contribution in [-0.4, -0.2) is 124 Å². The Hall–Kier alpha value is -6.62. The van der Waals surface area contributed by atoms with Crippen LogP contribution in [0.25, 0.3) is 43.6 Å². The van der Waals surface area contributed by atoms with E-state index in [1.54, 1.807) is 19.2 Å². The summed E-state index contributed by atoms with van der Waals surface area (Å²) in [6, 6.07) is 20.8. The van der Waals surface area contributed by atoms with Gasteiger partial charge in [0.25, 0.3) is 17.7 Å². The number of likely N-dealkylation sites (N-methyl/N-ethyl adjacent to an activating group) is 1. The highest BCUT2D eigenvalue weighted by atomic mass is 16.6. The lowest BCUT2D eigenvalue weighted by Crippen LogP contribution is -2.61. The minimum absolute atomic E-state index is 0.0501. The number of benzene rings is 4. The van der Waals surface area contributed by atoms with E-state index in [1.807, 2.05) is 30.1 Å². The molecule has 2 aromatic heterocycles. The summed E-state index contributed by atoms with van der Waals surface area (Å²) in [6.07, 6.45) is 10.3. The van der Waals surface area contributed by atoms with E-state index in [1.165, 1.54) is 25.7 Å². The summed E-state index contributed by atoms with van der Waals surface area (Å²) < 4.78 is 18.4. The normalized spacial score (nSPS) is 23.8. The van der Waals surface area contributed by atoms with Gasteiger partial charge in [-0.15, -0.1) is 0 Å². The summed E-state index contributed by atoms with van der Waals surface area (Å²) in [5.74, 6) is -1.86. The van der Waals surface area contributed by atoms with Crippen molar-refractivity contribution < 1.29 is 38.2 Å². The number of nitrogens with zero attached hydrogens (tertiary/aromatic N) is 6. The molecule has 3 saturated heterocycles. The molecule has 0 saturated carbocycles. The number of ether oxygens (including phenoxy) is 2. The highest BCUT2D eigenvalue weighted by molar-refractivity contribution is 6.31. The first-order chi connectivity index (χ1) is 35.5. The summed E-state index contributed by atoms with van der Waals surface area (Å²) in [4.78, 5) is 86.9. The monoisotopic (exact) mass is 988 g/mol. The van der Waals surface area contributed by atoms with Crippen molar-refractivity contribution in [3.63, 3.8) is 0 Å². The number of amides is 6. The summed E-state index contributed by atoms with van der Waals surface area (Å²) in [5.41, 5.74) is 6.22. The maximum absolute atomic E-state index is 14.2. The Labute approximate surface area is 423 Å². The Morgan fingerprint density at radius 1 is 0.781 bits per heavy atom. The first-order valence-corrected chi connectivity index (χ1v) is 26.6. The van der Waals surface area contributed by atoms with Crippen LogP contribution in [0.4, 0.5) is 5.69 Å². The first-order valence-electron chi connectivity index (χ1n) is 26.6. The second kappa shape index (κ2) is 18.7. The summed E-state index contributed by atoms with van der Waals surface area (Å²) >= 11 is 0. The fraction of sp³-hybridized carbons (Fsp3) is 0.474. The van der Waals surface area contributed by atoms with Gasteiger partial charge < -0.3 is 33.7 Å². The van der Waals surface area contributed by atoms with Gasteiger partial charge >= 0.3 is 0 Å². The average Bonchev–Trinajstić information content (AvgIpc) is 4.11. The largest absolute Gasteiger partial charge is 0.374 e. The molecule has 16 heteroatoms. The fourth-order valence-corrected chi connectivity index (χ4v) is 13.6. The van der Waals surface area contributed by atoms with Gasteiger partial charge in [0.15, 0.2) is 5.72 Å². The number of imide groups is 2. The van der Waals surface area contributed by atoms with Crippen LogP contribution in [0.5, 0.6) is 0 Å². The molecule has 2 bridgehead atoms. The SMILES string of the molecule is CO[C@@H]1[C@H](N(C)C(=O)CCCCCCCCCCCN2CCN(c3cccc4c3C(=O)N(C3CCC(=O)NC3=O)C4=O)CC2)C[C@H]2O[C@]1(C)n1c3ccccc3c3c4c(c5c6ccccc6n2c5c31)C(=O)NC4. The van der Waals surface area contributed by atoms with Crippen LogP contribution in [0.1, 0.15) is 133 Å². The molecule has 2 N–H and O–H groups in total. The van der Waals surface area contributed by atoms with Gasteiger partial charge in [-0.3, -0.25) is 43.9 Å². The molecule has 6 aliphatic heterocycles. The van der Waals surface area contributed by atoms with Gasteiger partial charge in [0.05, 0.1) is 50.5 Å². The molecule has 380 valence electrons. The maximum atomic E-state index is 14.2. The number of piperazine rings is 1. The van der Waals surface area contributed by atoms with E-state index in [0.717, 1.165) is 130 Å². The number of piperidine rings is 1. The summed E-state index contributed by atoms with van der Waals surface area (Å²) in [7, 11) is 3.66. The molecule has 4 aromatic carbocycles. The Balaban J connectivity index is 0.613. The zero-order valence-electron chi connectivity index (χ0n) is 42.0. The van der Waals surface area contributed by atoms with Crippen LogP contribution in [0.2, 0.25) is 0 Å². The number of methoxy groups -OCH3 is 1. The van der Waals surface area contributed by atoms with Gasteiger partial charge in [0.2, 0.25) is 17.7 Å². The molecule has 0 spiro atoms. The number of para-hydroxylation sites is 2. The number of fused-ring (bicyclic) bond motifs is 14. The van der Waals surface area contributed by atoms with E-state index in [4.69, 9.17) is 9.47 Å². The predicted molar refractivity (Wildman–Crippen MR) is 277 cm³/mol. The van der Waals surface area contributed by atoms with Crippen molar-refractivity contribution in [2.45, 2.75) is 127 Å². The Bertz CT molecular complexity index is 3280. The zero-order chi connectivity index (χ0) is 50.3. The molecule has 0 aliphatic carbocycles. The van der Waals surface area contributed by atoms with Crippen LogP contribution in [-0.2, 0) is 36.1 Å². The Kier molecular flexibility index (Phi) is 12.1. The van der Waals surface area contributed by atoms with E-state index >= 15 is 0 Å². The van der Waals surface area contributed by atoms with Gasteiger partial charge in [0.1, 0.15) is 18.4 Å². The average molecular weight is 989 g/mol. The molecule has 6 aliphatic rings. The number of rotatable bonds is 16. The van der Waals surface area contributed by atoms with E-state index in [2.05, 4.69) is 72.9 Å². The van der Waals surface area contributed by atoms with Crippen molar-refractivity contribution in [3.05, 3.63) is 89.0 Å². The van der Waals surface area contributed by atoms with Crippen LogP contribution < -0.4 is 15.5 Å². The number of carbonyl (C=O) groups excluding carboxylic acids is 6. The lowest BCUT2D eigenvalue weighted by molar-refractivity contribution is -0.266. The predicted octanol–water partition coefficient (Wildman–Crippen LogP) is 7.72. The van der Waals surface area contributed by atoms with Crippen LogP contribution in [0, 0.1) is 0 Å². The van der Waals surface area contributed by atoms with Crippen LogP contribution in [0.3, 0.4) is 0 Å². The molecule has 5 atom stereocenters. The van der Waals surface area contributed by atoms with Gasteiger partial charge in [-0.05, 0) is 62.6 Å². The lowest BCUT2D eigenvalue weighted by atomic mass is 9.91. The van der Waals surface area contributed by atoms with Crippen molar-refractivity contribution in [2.24, 2.45) is 0 Å². The molecule has 16 nitrogen and oxygen atoms in total. The zero-order valence-corrected chi connectivity index (χ0v) is 42.0. The van der Waals surface area contributed by atoms with Crippen LogP contribution >= 0.6 is 0 Å². The molecule has 12 rings (SSSR count). The van der Waals surface area contributed by atoms with Crippen molar-refractivity contribution >= 4 is 84.7 Å². The molecular formula is C57H64N8O8. The molecular weight excluding hydrogens is 925 g/mol. The number of nitrogens with one attached hydrogen (secondary N) is 2. The van der Waals surface area contributed by atoms with Gasteiger partial charge in [0, 0.05) is 87.7 Å². The second-order valence-electron chi connectivity index (χ2n) is 21.2. The summed E-state index contributed by atoms with van der Waals surface area (Å²) in [5, 5.41) is 9.53. The van der Waals surface area contributed by atoms with Crippen LogP contribution in [0.15, 0.2) is 66.7 Å². The topological polar surface area (TPSA) is 168 Å². The first kappa shape index (κ1) is 47.4. The minimum Gasteiger partial charge on any atom is -0.374 e. The van der Waals surface area contributed by atoms with E-state index in [9.17, 15) is 28.8 Å². The van der Waals surface area contributed by atoms with E-state index in [0.29, 0.717) is 30.5 Å². The number of anilines is 1. The number of hydrogen-bond donors (Lipinski definition) is 2. The number of aromatic nitrogens is 2. The van der Waals surface area contributed by atoms with Crippen molar-refractivity contribution in [1.29, 1.82) is 0 Å². The van der Waals surface area contributed by atoms with E-state index < -0.39 is 41.8 Å². The third kappa shape index (κ3) is 7.56. The molecule has 73 heavy (non-hydrogen) atoms. The molecule has 6 amide bonds. The highest BCUT2D eigenvalue weighted by Crippen LogP contribution is 2.54. The Morgan fingerprint density at radius 2 is 1.47 bits per heavy atom. The Morgan fingerprint density at radius 3 is 2.19 bits per heavy atom. The molecule has 8 heterocycles. The quantitative estimate of drug-likeness (QED) is 0.0724. The number of carbonyl (C=O) groups is 6. The van der Waals surface area contributed by atoms with Crippen molar-refractivity contribution in [2.75, 3.05) is 51.8 Å². The lowest BCUT2D eigenvalue weighted by Gasteiger charge is -2.50. The number of hydrogen-bond acceptors (Lipinski definition) is 10. The smallest absolute Gasteiger partial charge is 0.264 e. The fourth-order valence-electron chi connectivity index (χ4n) is 13.6. The number of unbranched alkanes of at least 4 members (excludes halogenated alkanes) is 8. The third-order valence-electron chi connectivity index (χ3n) is 17.1. The van der Waals surface area contributed by atoms with Gasteiger partial charge in [-0.1, -0.05) is 87.4 Å². The minimum atomic E-state index is -0.990. The van der Waals surface area contributed by atoms with E-state index in [-0.39, 0.29) is 36.6 Å². The summed E-state index contributed by atoms with van der Waals surface area (Å²) in [6.45, 7) is 6.81. The highest BCUT2D eigenvalue weighted by Gasteiger charge is 2.55. The molecule has 1 unspecified atom stereocenters. The standard InChI is InChI=1S/C57H64N8O8/c1-57-52(72-3)42(32-45(73-57)63-38-21-14-12-18-34(38)48-49-37(33-58-54(49)69)46-35-19-13-15-22-39(35)65(57)51(46)50(48)63)60(2)44(67)24-11-9-7-5-4-6-8-10-16-27-61-28-30-62(31-29-61)40-23-17-20-36-47(40)56(71)64(55(36)70)41-25-26-43(66)59-53(41)68/h12-15,17-23,41-42,45,52H,4-11,16,24-33H2,1-3H3,(H,58,69)(H,59,66,68)/t41?,42-,45-,52-,57+/m1/s1. The molecule has 0 radical (unpaired) electrons. The second-order valence-corrected chi connectivity index (χ2v) is 21.2. The third-order valence-corrected chi connectivity index (χ3v) is 17.1. The van der Waals surface area contributed by atoms with Gasteiger partial charge in [-0.2, -0.15) is 0 Å². The molecule has 3 fully saturated rings. The van der Waals surface area contributed by atoms with Crippen molar-refractivity contribution in [1.82, 2.24) is 34.5 Å². The van der Waals surface area contributed by atoms with Gasteiger partial charge in [-0.25, -0.2) is 0 Å². The van der Waals surface area contributed by atoms with Crippen molar-refractivity contribution in [3.8, 4) is 0 Å². The maximum Gasteiger partial charge on any atom is 0.264 e.